The van der Waals surface area contributed by atoms with Gasteiger partial charge in [-0.3, -0.25) is 9.69 Å². The van der Waals surface area contributed by atoms with Crippen LogP contribution in [0.4, 0.5) is 4.79 Å². The summed E-state index contributed by atoms with van der Waals surface area (Å²) in [7, 11) is -1.41. The number of hydrogen-bond donors (Lipinski definition) is 0. The molecule has 0 bridgehead atoms. The third-order valence-electron chi connectivity index (χ3n) is 5.50. The molecule has 3 aromatic rings. The molecular weight excluding hydrogens is 364 g/mol. The predicted molar refractivity (Wildman–Crippen MR) is 113 cm³/mol. The van der Waals surface area contributed by atoms with Gasteiger partial charge in [-0.25, -0.2) is 4.79 Å². The Kier molecular flexibility index (Phi) is 4.61. The van der Waals surface area contributed by atoms with Crippen molar-refractivity contribution in [3.63, 3.8) is 0 Å². The number of nitrogens with zero attached hydrogens (tertiary/aromatic N) is 2. The highest BCUT2D eigenvalue weighted by Crippen LogP contribution is 2.24. The van der Waals surface area contributed by atoms with E-state index in [2.05, 4.69) is 36.4 Å². The Labute approximate surface area is 166 Å². The van der Waals surface area contributed by atoms with Crippen LogP contribution in [0.5, 0.6) is 0 Å². The van der Waals surface area contributed by atoms with Crippen LogP contribution in [0.25, 0.3) is 0 Å². The van der Waals surface area contributed by atoms with Gasteiger partial charge in [0.25, 0.3) is 14.1 Å². The normalized spacial score (nSPS) is 17.3. The number of carbonyl (C=O) groups excluding carboxylic acids is 2. The third kappa shape index (κ3) is 2.59. The largest absolute Gasteiger partial charge is 0.327 e. The van der Waals surface area contributed by atoms with E-state index in [1.807, 2.05) is 66.1 Å². The first-order chi connectivity index (χ1) is 13.6. The van der Waals surface area contributed by atoms with Gasteiger partial charge in [-0.15, -0.1) is 0 Å². The lowest BCUT2D eigenvalue weighted by molar-refractivity contribution is -0.126. The maximum absolute atomic E-state index is 13.4. The number of rotatable bonds is 4. The fourth-order valence-electron chi connectivity index (χ4n) is 4.20. The Morgan fingerprint density at radius 2 is 1.04 bits per heavy atom. The lowest BCUT2D eigenvalue weighted by atomic mass is 10.3. The highest BCUT2D eigenvalue weighted by atomic mass is 28.3. The summed E-state index contributed by atoms with van der Waals surface area (Å²) in [5.74, 6) is -0.162. The second kappa shape index (κ2) is 7.09. The molecule has 0 saturated carbocycles. The van der Waals surface area contributed by atoms with Gasteiger partial charge in [0.1, 0.15) is 6.04 Å². The molecule has 1 aliphatic heterocycles. The average molecular weight is 387 g/mol. The second-order valence-corrected chi connectivity index (χ2v) is 10.7. The smallest absolute Gasteiger partial charge is 0.319 e. The fourth-order valence-corrected chi connectivity index (χ4v) is 9.19. The molecule has 28 heavy (non-hydrogen) atoms. The lowest BCUT2D eigenvalue weighted by Crippen LogP contribution is -2.78. The first kappa shape index (κ1) is 18.2. The Balaban J connectivity index is 2.11. The first-order valence-corrected chi connectivity index (χ1v) is 11.3. The van der Waals surface area contributed by atoms with Gasteiger partial charge in [-0.2, -0.15) is 0 Å². The number of carbonyl (C=O) groups is 2. The van der Waals surface area contributed by atoms with Crippen molar-refractivity contribution in [2.24, 2.45) is 0 Å². The number of hydrogen-bond acceptors (Lipinski definition) is 2. The van der Waals surface area contributed by atoms with E-state index in [0.29, 0.717) is 0 Å². The lowest BCUT2D eigenvalue weighted by Gasteiger charge is -2.42. The van der Waals surface area contributed by atoms with E-state index in [0.717, 1.165) is 15.6 Å². The van der Waals surface area contributed by atoms with Crippen LogP contribution >= 0.6 is 0 Å². The van der Waals surface area contributed by atoms with E-state index in [9.17, 15) is 9.59 Å². The highest BCUT2D eigenvalue weighted by Gasteiger charge is 2.56. The Morgan fingerprint density at radius 1 is 0.679 bits per heavy atom. The van der Waals surface area contributed by atoms with Gasteiger partial charge in [-0.1, -0.05) is 91.0 Å². The number of amides is 3. The summed E-state index contributed by atoms with van der Waals surface area (Å²) in [4.78, 5) is 27.4. The molecule has 1 aliphatic rings. The molecule has 0 aliphatic carbocycles. The van der Waals surface area contributed by atoms with Gasteiger partial charge in [-0.05, 0) is 22.5 Å². The summed E-state index contributed by atoms with van der Waals surface area (Å²) < 4.78 is 1.86. The van der Waals surface area contributed by atoms with Gasteiger partial charge < -0.3 is 4.57 Å². The predicted octanol–water partition coefficient (Wildman–Crippen LogP) is 1.94. The first-order valence-electron chi connectivity index (χ1n) is 9.36. The zero-order chi connectivity index (χ0) is 19.7. The topological polar surface area (TPSA) is 40.6 Å². The number of likely N-dealkylation sites (N-methyl/N-ethyl adjacent to an activating group) is 1. The zero-order valence-corrected chi connectivity index (χ0v) is 16.9. The Morgan fingerprint density at radius 3 is 1.32 bits per heavy atom. The van der Waals surface area contributed by atoms with Crippen molar-refractivity contribution in [1.82, 2.24) is 9.47 Å². The summed E-state index contributed by atoms with van der Waals surface area (Å²) >= 11 is 0. The van der Waals surface area contributed by atoms with Crippen LogP contribution < -0.4 is 15.6 Å². The maximum Gasteiger partial charge on any atom is 0.319 e. The van der Waals surface area contributed by atoms with Gasteiger partial charge in [0.15, 0.2) is 0 Å². The van der Waals surface area contributed by atoms with Crippen molar-refractivity contribution in [3.8, 4) is 0 Å². The van der Waals surface area contributed by atoms with Gasteiger partial charge in [0.05, 0.1) is 0 Å². The molecular formula is C23H22N2O2Si. The number of benzene rings is 3. The van der Waals surface area contributed by atoms with Crippen LogP contribution in [-0.4, -0.2) is 42.7 Å². The molecule has 5 heteroatoms. The van der Waals surface area contributed by atoms with E-state index < -0.39 is 14.3 Å². The van der Waals surface area contributed by atoms with Gasteiger partial charge >= 0.3 is 6.03 Å². The standard InChI is InChI=1S/C23H22N2O2Si/c1-18-22(26)24(2)23(27)25(18)28(19-12-6-3-7-13-19,20-14-8-4-9-15-20)21-16-10-5-11-17-21/h3-18H,1-2H3. The summed E-state index contributed by atoms with van der Waals surface area (Å²) in [5.41, 5.74) is 0. The molecule has 4 rings (SSSR count). The van der Waals surface area contributed by atoms with Crippen LogP contribution in [0.3, 0.4) is 0 Å². The van der Waals surface area contributed by atoms with Crippen LogP contribution in [0.15, 0.2) is 91.0 Å². The third-order valence-corrected chi connectivity index (χ3v) is 10.3. The van der Waals surface area contributed by atoms with Crippen LogP contribution in [0.1, 0.15) is 6.92 Å². The van der Waals surface area contributed by atoms with Crippen LogP contribution in [0.2, 0.25) is 0 Å². The molecule has 4 nitrogen and oxygen atoms in total. The molecule has 0 N–H and O–H groups in total. The molecule has 3 amide bonds. The van der Waals surface area contributed by atoms with E-state index in [1.54, 1.807) is 7.05 Å². The SMILES string of the molecule is CC1C(=O)N(C)C(=O)N1[Si](c1ccccc1)(c1ccccc1)c1ccccc1. The summed E-state index contributed by atoms with van der Waals surface area (Å²) in [6.07, 6.45) is 0. The van der Waals surface area contributed by atoms with E-state index in [-0.39, 0.29) is 11.9 Å². The molecule has 3 aromatic carbocycles. The molecule has 1 unspecified atom stereocenters. The van der Waals surface area contributed by atoms with Crippen molar-refractivity contribution in [2.75, 3.05) is 7.05 Å². The van der Waals surface area contributed by atoms with E-state index in [1.165, 1.54) is 4.90 Å². The van der Waals surface area contributed by atoms with Gasteiger partial charge in [0.2, 0.25) is 0 Å². The Hall–Kier alpha value is -3.18. The molecule has 1 heterocycles. The summed E-state index contributed by atoms with van der Waals surface area (Å²) in [6.45, 7) is 1.83. The maximum atomic E-state index is 13.4. The van der Waals surface area contributed by atoms with Crippen molar-refractivity contribution in [1.29, 1.82) is 0 Å². The van der Waals surface area contributed by atoms with Crippen LogP contribution in [0, 0.1) is 0 Å². The van der Waals surface area contributed by atoms with Crippen molar-refractivity contribution >= 4 is 35.7 Å². The molecule has 0 aromatic heterocycles. The minimum absolute atomic E-state index is 0.162. The fraction of sp³-hybridized carbons (Fsp3) is 0.130. The van der Waals surface area contributed by atoms with Crippen molar-refractivity contribution in [2.45, 2.75) is 13.0 Å². The van der Waals surface area contributed by atoms with E-state index in [4.69, 9.17) is 0 Å². The van der Waals surface area contributed by atoms with Crippen molar-refractivity contribution in [3.05, 3.63) is 91.0 Å². The van der Waals surface area contributed by atoms with Gasteiger partial charge in [0, 0.05) is 7.05 Å². The molecule has 1 saturated heterocycles. The highest BCUT2D eigenvalue weighted by molar-refractivity contribution is 7.10. The molecule has 0 spiro atoms. The zero-order valence-electron chi connectivity index (χ0n) is 15.9. The number of imide groups is 1. The average Bonchev–Trinajstić information content (AvgIpc) is 2.95. The summed E-state index contributed by atoms with van der Waals surface area (Å²) in [5, 5.41) is 3.24. The summed E-state index contributed by atoms with van der Waals surface area (Å²) in [6, 6.07) is 29.6. The quantitative estimate of drug-likeness (QED) is 0.391. The molecule has 1 fully saturated rings. The molecule has 140 valence electrons. The second-order valence-electron chi connectivity index (χ2n) is 7.03. The molecule has 0 radical (unpaired) electrons. The minimum Gasteiger partial charge on any atom is -0.327 e. The number of urea groups is 1. The van der Waals surface area contributed by atoms with Crippen LogP contribution in [-0.2, 0) is 4.79 Å². The molecule has 1 atom stereocenters. The monoisotopic (exact) mass is 386 g/mol. The Bertz CT molecular complexity index is 896. The minimum atomic E-state index is -2.98. The van der Waals surface area contributed by atoms with E-state index >= 15 is 0 Å². The van der Waals surface area contributed by atoms with Crippen molar-refractivity contribution < 1.29 is 9.59 Å².